The van der Waals surface area contributed by atoms with Crippen LogP contribution in [0, 0.1) is 6.92 Å². The minimum atomic E-state index is 0.0508. The van der Waals surface area contributed by atoms with Gasteiger partial charge in [0.1, 0.15) is 0 Å². The minimum absolute atomic E-state index is 0.0508. The van der Waals surface area contributed by atoms with Crippen molar-refractivity contribution >= 4 is 23.6 Å². The van der Waals surface area contributed by atoms with Gasteiger partial charge in [-0.1, -0.05) is 41.6 Å². The third kappa shape index (κ3) is 4.39. The highest BCUT2D eigenvalue weighted by molar-refractivity contribution is 7.99. The number of thioether (sulfide) groups is 1. The number of rotatable bonds is 4. The van der Waals surface area contributed by atoms with Crippen molar-refractivity contribution in [3.8, 4) is 11.4 Å². The largest absolute Gasteiger partial charge is 0.339 e. The summed E-state index contributed by atoms with van der Waals surface area (Å²) >= 11 is 1.32. The van der Waals surface area contributed by atoms with Gasteiger partial charge in [-0.15, -0.1) is 5.10 Å². The Kier molecular flexibility index (Phi) is 5.37. The van der Waals surface area contributed by atoms with E-state index in [0.717, 1.165) is 5.56 Å². The molecule has 132 valence electrons. The molecule has 2 amide bonds. The molecule has 2 heterocycles. The molecule has 0 bridgehead atoms. The van der Waals surface area contributed by atoms with E-state index in [2.05, 4.69) is 15.2 Å². The quantitative estimate of drug-likeness (QED) is 0.838. The smallest absolute Gasteiger partial charge is 0.233 e. The van der Waals surface area contributed by atoms with E-state index < -0.39 is 0 Å². The number of aryl methyl sites for hydroxylation is 1. The van der Waals surface area contributed by atoms with Gasteiger partial charge in [0.05, 0.1) is 5.75 Å². The summed E-state index contributed by atoms with van der Waals surface area (Å²) in [7, 11) is 0. The zero-order valence-corrected chi connectivity index (χ0v) is 15.2. The summed E-state index contributed by atoms with van der Waals surface area (Å²) in [5.74, 6) is 1.11. The number of piperazine rings is 1. The van der Waals surface area contributed by atoms with Crippen molar-refractivity contribution in [1.82, 2.24) is 25.0 Å². The molecule has 0 atom stereocenters. The Morgan fingerprint density at radius 3 is 2.40 bits per heavy atom. The van der Waals surface area contributed by atoms with Crippen LogP contribution >= 0.6 is 11.8 Å². The lowest BCUT2D eigenvalue weighted by Crippen LogP contribution is -2.50. The zero-order chi connectivity index (χ0) is 17.8. The lowest BCUT2D eigenvalue weighted by molar-refractivity contribution is -0.136. The molecule has 0 unspecified atom stereocenters. The second-order valence-corrected chi connectivity index (χ2v) is 6.95. The van der Waals surface area contributed by atoms with Crippen molar-refractivity contribution in [2.45, 2.75) is 19.0 Å². The van der Waals surface area contributed by atoms with Gasteiger partial charge in [0.2, 0.25) is 17.0 Å². The van der Waals surface area contributed by atoms with Crippen molar-refractivity contribution in [1.29, 1.82) is 0 Å². The highest BCUT2D eigenvalue weighted by atomic mass is 32.2. The summed E-state index contributed by atoms with van der Waals surface area (Å²) in [4.78, 5) is 31.6. The Morgan fingerprint density at radius 2 is 1.76 bits per heavy atom. The lowest BCUT2D eigenvalue weighted by atomic mass is 10.1. The van der Waals surface area contributed by atoms with Crippen LogP contribution in [0.3, 0.4) is 0 Å². The molecule has 0 spiro atoms. The molecule has 0 radical (unpaired) electrons. The SMILES string of the molecule is CC(=O)N1CCN(C(=O)CSc2n[nH]c(-c3ccc(C)cc3)n2)CC1. The monoisotopic (exact) mass is 359 g/mol. The second kappa shape index (κ2) is 7.69. The predicted octanol–water partition coefficient (Wildman–Crippen LogP) is 1.56. The van der Waals surface area contributed by atoms with E-state index >= 15 is 0 Å². The number of carbonyl (C=O) groups is 2. The van der Waals surface area contributed by atoms with Crippen LogP contribution in [0.5, 0.6) is 0 Å². The van der Waals surface area contributed by atoms with Gasteiger partial charge in [0.25, 0.3) is 0 Å². The van der Waals surface area contributed by atoms with Crippen molar-refractivity contribution in [2.75, 3.05) is 31.9 Å². The van der Waals surface area contributed by atoms with Gasteiger partial charge in [0, 0.05) is 38.7 Å². The first kappa shape index (κ1) is 17.5. The van der Waals surface area contributed by atoms with Crippen LogP contribution in [0.25, 0.3) is 11.4 Å². The Labute approximate surface area is 150 Å². The van der Waals surface area contributed by atoms with E-state index in [1.165, 1.54) is 17.3 Å². The molecule has 7 nitrogen and oxygen atoms in total. The van der Waals surface area contributed by atoms with Crippen LogP contribution in [0.4, 0.5) is 0 Å². The molecule has 2 aromatic rings. The molecule has 1 fully saturated rings. The van der Waals surface area contributed by atoms with Gasteiger partial charge < -0.3 is 9.80 Å². The molecule has 1 aromatic carbocycles. The highest BCUT2D eigenvalue weighted by Gasteiger charge is 2.22. The van der Waals surface area contributed by atoms with E-state index in [4.69, 9.17) is 0 Å². The van der Waals surface area contributed by atoms with Gasteiger partial charge in [-0.2, -0.15) is 0 Å². The second-order valence-electron chi connectivity index (χ2n) is 6.01. The standard InChI is InChI=1S/C17H21N5O2S/c1-12-3-5-14(6-4-12)16-18-17(20-19-16)25-11-15(24)22-9-7-21(8-10-22)13(2)23/h3-6H,7-11H2,1-2H3,(H,18,19,20). The molecule has 1 aliphatic heterocycles. The summed E-state index contributed by atoms with van der Waals surface area (Å²) in [6, 6.07) is 8.03. The zero-order valence-electron chi connectivity index (χ0n) is 14.4. The first-order valence-corrected chi connectivity index (χ1v) is 9.17. The molecule has 25 heavy (non-hydrogen) atoms. The molecule has 1 N–H and O–H groups in total. The Hall–Kier alpha value is -2.35. The maximum absolute atomic E-state index is 12.3. The highest BCUT2D eigenvalue weighted by Crippen LogP contribution is 2.20. The number of benzene rings is 1. The number of aromatic amines is 1. The number of carbonyl (C=O) groups excluding carboxylic acids is 2. The van der Waals surface area contributed by atoms with Gasteiger partial charge in [0.15, 0.2) is 5.82 Å². The number of H-pyrrole nitrogens is 1. The van der Waals surface area contributed by atoms with Crippen LogP contribution in [0.2, 0.25) is 0 Å². The molecular weight excluding hydrogens is 338 g/mol. The lowest BCUT2D eigenvalue weighted by Gasteiger charge is -2.34. The predicted molar refractivity (Wildman–Crippen MR) is 96.1 cm³/mol. The molecule has 8 heteroatoms. The number of nitrogens with one attached hydrogen (secondary N) is 1. The summed E-state index contributed by atoms with van der Waals surface area (Å²) in [6.45, 7) is 5.96. The molecule has 1 aliphatic rings. The Morgan fingerprint density at radius 1 is 1.12 bits per heavy atom. The van der Waals surface area contributed by atoms with Gasteiger partial charge in [-0.05, 0) is 6.92 Å². The number of amides is 2. The van der Waals surface area contributed by atoms with E-state index in [9.17, 15) is 9.59 Å². The van der Waals surface area contributed by atoms with Crippen LogP contribution in [0.1, 0.15) is 12.5 Å². The first-order valence-electron chi connectivity index (χ1n) is 8.18. The number of aromatic nitrogens is 3. The molecule has 0 saturated carbocycles. The number of nitrogens with zero attached hydrogens (tertiary/aromatic N) is 4. The Balaban J connectivity index is 1.51. The van der Waals surface area contributed by atoms with Gasteiger partial charge >= 0.3 is 0 Å². The fourth-order valence-corrected chi connectivity index (χ4v) is 3.34. The normalized spacial score (nSPS) is 14.6. The summed E-state index contributed by atoms with van der Waals surface area (Å²) in [6.07, 6.45) is 0. The average molecular weight is 359 g/mol. The van der Waals surface area contributed by atoms with Gasteiger partial charge in [-0.25, -0.2) is 4.98 Å². The van der Waals surface area contributed by atoms with Crippen molar-refractivity contribution in [2.24, 2.45) is 0 Å². The topological polar surface area (TPSA) is 82.2 Å². The molecule has 3 rings (SSSR count). The Bertz CT molecular complexity index is 751. The van der Waals surface area contributed by atoms with E-state index in [1.54, 1.807) is 16.7 Å². The molecular formula is C17H21N5O2S. The van der Waals surface area contributed by atoms with Gasteiger partial charge in [-0.3, -0.25) is 14.7 Å². The van der Waals surface area contributed by atoms with Crippen molar-refractivity contribution < 1.29 is 9.59 Å². The first-order chi connectivity index (χ1) is 12.0. The third-order valence-corrected chi connectivity index (χ3v) is 5.02. The van der Waals surface area contributed by atoms with E-state index in [-0.39, 0.29) is 11.8 Å². The third-order valence-electron chi connectivity index (χ3n) is 4.19. The van der Waals surface area contributed by atoms with E-state index in [1.807, 2.05) is 31.2 Å². The summed E-state index contributed by atoms with van der Waals surface area (Å²) in [5, 5.41) is 7.64. The fourth-order valence-electron chi connectivity index (χ4n) is 2.64. The summed E-state index contributed by atoms with van der Waals surface area (Å²) < 4.78 is 0. The average Bonchev–Trinajstić information content (AvgIpc) is 3.09. The number of hydrogen-bond acceptors (Lipinski definition) is 5. The maximum atomic E-state index is 12.3. The minimum Gasteiger partial charge on any atom is -0.339 e. The van der Waals surface area contributed by atoms with E-state index in [0.29, 0.717) is 42.9 Å². The maximum Gasteiger partial charge on any atom is 0.233 e. The van der Waals surface area contributed by atoms with Crippen LogP contribution in [-0.2, 0) is 9.59 Å². The molecule has 1 aromatic heterocycles. The van der Waals surface area contributed by atoms with Crippen LogP contribution in [0.15, 0.2) is 29.4 Å². The summed E-state index contributed by atoms with van der Waals surface area (Å²) in [5.41, 5.74) is 2.16. The van der Waals surface area contributed by atoms with Crippen molar-refractivity contribution in [3.05, 3.63) is 29.8 Å². The molecule has 1 saturated heterocycles. The fraction of sp³-hybridized carbons (Fsp3) is 0.412. The van der Waals surface area contributed by atoms with Crippen molar-refractivity contribution in [3.63, 3.8) is 0 Å². The molecule has 0 aliphatic carbocycles. The van der Waals surface area contributed by atoms with Crippen LogP contribution in [-0.4, -0.2) is 68.7 Å². The number of hydrogen-bond donors (Lipinski definition) is 1. The van der Waals surface area contributed by atoms with Crippen LogP contribution < -0.4 is 0 Å².